The van der Waals surface area contributed by atoms with Crippen molar-refractivity contribution in [2.45, 2.75) is 13.1 Å². The number of furan rings is 1. The second-order valence-corrected chi connectivity index (χ2v) is 3.90. The molecule has 0 amide bonds. The highest BCUT2D eigenvalue weighted by molar-refractivity contribution is 5.89. The van der Waals surface area contributed by atoms with Gasteiger partial charge in [0, 0.05) is 12.6 Å². The van der Waals surface area contributed by atoms with Crippen LogP contribution >= 0.6 is 0 Å². The number of anilines is 1. The molecule has 0 aliphatic carbocycles. The summed E-state index contributed by atoms with van der Waals surface area (Å²) in [5.74, 6) is 0.424. The van der Waals surface area contributed by atoms with E-state index >= 15 is 0 Å². The highest BCUT2D eigenvalue weighted by atomic mass is 16.4. The summed E-state index contributed by atoms with van der Waals surface area (Å²) in [7, 11) is 1.79. The third-order valence-electron chi connectivity index (χ3n) is 2.86. The lowest BCUT2D eigenvalue weighted by molar-refractivity contribution is 0.0695. The predicted molar refractivity (Wildman–Crippen MR) is 56.6 cm³/mol. The second kappa shape index (κ2) is 3.34. The van der Waals surface area contributed by atoms with Crippen molar-refractivity contribution in [1.29, 1.82) is 0 Å². The van der Waals surface area contributed by atoms with E-state index in [2.05, 4.69) is 10.1 Å². The number of carbonyl (C=O) groups is 1. The van der Waals surface area contributed by atoms with E-state index < -0.39 is 5.97 Å². The third kappa shape index (κ3) is 1.39. The molecule has 0 radical (unpaired) electrons. The first-order valence-corrected chi connectivity index (χ1v) is 5.08. The molecule has 0 aromatic carbocycles. The molecule has 2 aromatic rings. The topological polar surface area (TPSA) is 84.4 Å². The lowest BCUT2D eigenvalue weighted by atomic mass is 10.2. The Bertz CT molecular complexity index is 586. The molecule has 0 spiro atoms. The molecular formula is C10H10N4O3. The predicted octanol–water partition coefficient (Wildman–Crippen LogP) is 0.627. The van der Waals surface area contributed by atoms with Gasteiger partial charge in [-0.2, -0.15) is 10.1 Å². The van der Waals surface area contributed by atoms with Gasteiger partial charge in [0.15, 0.2) is 0 Å². The molecule has 0 atom stereocenters. The van der Waals surface area contributed by atoms with Crippen LogP contribution < -0.4 is 4.90 Å². The van der Waals surface area contributed by atoms with E-state index in [-0.39, 0.29) is 5.56 Å². The largest absolute Gasteiger partial charge is 0.478 e. The smallest absolute Gasteiger partial charge is 0.339 e. The number of carboxylic acid groups (broad SMARTS) is 1. The molecule has 2 aromatic heterocycles. The molecule has 3 heterocycles. The van der Waals surface area contributed by atoms with E-state index in [4.69, 9.17) is 9.52 Å². The van der Waals surface area contributed by atoms with Gasteiger partial charge in [-0.3, -0.25) is 0 Å². The van der Waals surface area contributed by atoms with E-state index in [9.17, 15) is 4.79 Å². The Balaban J connectivity index is 1.93. The van der Waals surface area contributed by atoms with Crippen molar-refractivity contribution in [3.8, 4) is 0 Å². The summed E-state index contributed by atoms with van der Waals surface area (Å²) in [5.41, 5.74) is 0.949. The minimum atomic E-state index is -0.963. The summed E-state index contributed by atoms with van der Waals surface area (Å²) in [6.45, 7) is 1.01. The van der Waals surface area contributed by atoms with Crippen LogP contribution in [0, 0.1) is 0 Å². The van der Waals surface area contributed by atoms with E-state index in [0.29, 0.717) is 24.8 Å². The second-order valence-electron chi connectivity index (χ2n) is 3.90. The average molecular weight is 234 g/mol. The molecule has 7 nitrogen and oxygen atoms in total. The van der Waals surface area contributed by atoms with E-state index in [1.807, 2.05) is 4.90 Å². The number of carboxylic acids is 1. The molecule has 0 bridgehead atoms. The van der Waals surface area contributed by atoms with Gasteiger partial charge in [-0.05, 0) is 0 Å². The van der Waals surface area contributed by atoms with Crippen molar-refractivity contribution < 1.29 is 14.3 Å². The van der Waals surface area contributed by atoms with Crippen LogP contribution in [-0.4, -0.2) is 25.8 Å². The van der Waals surface area contributed by atoms with E-state index in [1.165, 1.54) is 12.6 Å². The lowest BCUT2D eigenvalue weighted by Gasteiger charge is -2.14. The van der Waals surface area contributed by atoms with Crippen molar-refractivity contribution in [3.05, 3.63) is 29.5 Å². The Kier molecular flexibility index (Phi) is 1.94. The van der Waals surface area contributed by atoms with Crippen molar-refractivity contribution in [1.82, 2.24) is 14.8 Å². The fourth-order valence-corrected chi connectivity index (χ4v) is 2.05. The monoisotopic (exact) mass is 234 g/mol. The van der Waals surface area contributed by atoms with Crippen LogP contribution in [0.2, 0.25) is 0 Å². The third-order valence-corrected chi connectivity index (χ3v) is 2.86. The molecule has 0 unspecified atom stereocenters. The number of aryl methyl sites for hydroxylation is 1. The first-order chi connectivity index (χ1) is 8.16. The van der Waals surface area contributed by atoms with Gasteiger partial charge in [-0.25, -0.2) is 9.48 Å². The van der Waals surface area contributed by atoms with Gasteiger partial charge in [-0.1, -0.05) is 0 Å². The summed E-state index contributed by atoms with van der Waals surface area (Å²) in [4.78, 5) is 17.0. The maximum atomic E-state index is 11.0. The molecule has 3 rings (SSSR count). The van der Waals surface area contributed by atoms with Crippen LogP contribution in [0.1, 0.15) is 21.7 Å². The normalized spacial score (nSPS) is 14.1. The first-order valence-electron chi connectivity index (χ1n) is 5.08. The maximum absolute atomic E-state index is 11.0. The van der Waals surface area contributed by atoms with Crippen LogP contribution in [0.15, 0.2) is 17.0 Å². The zero-order valence-electron chi connectivity index (χ0n) is 9.12. The van der Waals surface area contributed by atoms with Gasteiger partial charge < -0.3 is 14.4 Å². The summed E-state index contributed by atoms with van der Waals surface area (Å²) >= 11 is 0. The van der Waals surface area contributed by atoms with E-state index in [0.717, 1.165) is 5.56 Å². The van der Waals surface area contributed by atoms with Gasteiger partial charge >= 0.3 is 5.97 Å². The number of fused-ring (bicyclic) bond motifs is 1. The number of hydrogen-bond donors (Lipinski definition) is 1. The minimum Gasteiger partial charge on any atom is -0.478 e. The standard InChI is InChI=1S/C10H10N4O3/c1-13-10(11-5-12-13)14-2-6-7(9(15)16)4-17-8(6)3-14/h4-5H,2-3H2,1H3,(H,15,16). The van der Waals surface area contributed by atoms with Crippen LogP contribution in [0.4, 0.5) is 5.95 Å². The maximum Gasteiger partial charge on any atom is 0.339 e. The van der Waals surface area contributed by atoms with Crippen molar-refractivity contribution in [2.24, 2.45) is 7.05 Å². The average Bonchev–Trinajstić information content (AvgIpc) is 2.89. The Labute approximate surface area is 96.3 Å². The van der Waals surface area contributed by atoms with Crippen LogP contribution in [-0.2, 0) is 20.1 Å². The Morgan fingerprint density at radius 3 is 3.00 bits per heavy atom. The highest BCUT2D eigenvalue weighted by Gasteiger charge is 2.30. The van der Waals surface area contributed by atoms with Crippen LogP contribution in [0.25, 0.3) is 0 Å². The van der Waals surface area contributed by atoms with Gasteiger partial charge in [0.05, 0.1) is 13.1 Å². The molecule has 17 heavy (non-hydrogen) atoms. The van der Waals surface area contributed by atoms with E-state index in [1.54, 1.807) is 11.7 Å². The zero-order chi connectivity index (χ0) is 12.0. The lowest BCUT2D eigenvalue weighted by Crippen LogP contribution is -2.19. The molecule has 7 heteroatoms. The molecule has 1 aliphatic rings. The fourth-order valence-electron chi connectivity index (χ4n) is 2.05. The summed E-state index contributed by atoms with van der Waals surface area (Å²) in [6.07, 6.45) is 2.76. The van der Waals surface area contributed by atoms with Crippen LogP contribution in [0.5, 0.6) is 0 Å². The molecule has 0 saturated heterocycles. The zero-order valence-corrected chi connectivity index (χ0v) is 9.12. The quantitative estimate of drug-likeness (QED) is 0.820. The Hall–Kier alpha value is -2.31. The molecule has 0 fully saturated rings. The summed E-state index contributed by atoms with van der Waals surface area (Å²) < 4.78 is 6.90. The Morgan fingerprint density at radius 2 is 2.35 bits per heavy atom. The molecular weight excluding hydrogens is 224 g/mol. The number of aromatic nitrogens is 3. The Morgan fingerprint density at radius 1 is 1.53 bits per heavy atom. The summed E-state index contributed by atoms with van der Waals surface area (Å²) in [6, 6.07) is 0. The summed E-state index contributed by atoms with van der Waals surface area (Å²) in [5, 5.41) is 13.0. The number of nitrogens with zero attached hydrogens (tertiary/aromatic N) is 4. The number of rotatable bonds is 2. The fraction of sp³-hybridized carbons (Fsp3) is 0.300. The van der Waals surface area contributed by atoms with Crippen LogP contribution in [0.3, 0.4) is 0 Å². The minimum absolute atomic E-state index is 0.227. The number of hydrogen-bond acceptors (Lipinski definition) is 5. The SMILES string of the molecule is Cn1ncnc1N1Cc2occ(C(=O)O)c2C1. The molecule has 1 aliphatic heterocycles. The highest BCUT2D eigenvalue weighted by Crippen LogP contribution is 2.30. The molecule has 1 N–H and O–H groups in total. The van der Waals surface area contributed by atoms with Gasteiger partial charge in [0.25, 0.3) is 0 Å². The molecule has 88 valence electrons. The van der Waals surface area contributed by atoms with Gasteiger partial charge in [0.1, 0.15) is 23.9 Å². The van der Waals surface area contributed by atoms with Crippen molar-refractivity contribution in [2.75, 3.05) is 4.90 Å². The van der Waals surface area contributed by atoms with Crippen molar-refractivity contribution >= 4 is 11.9 Å². The van der Waals surface area contributed by atoms with Gasteiger partial charge in [0.2, 0.25) is 5.95 Å². The van der Waals surface area contributed by atoms with Gasteiger partial charge in [-0.15, -0.1) is 0 Å². The number of aromatic carboxylic acids is 1. The molecule has 0 saturated carbocycles. The van der Waals surface area contributed by atoms with Crippen molar-refractivity contribution in [3.63, 3.8) is 0 Å². The first kappa shape index (κ1) is 9.88.